The molecule has 0 aromatic heterocycles. The van der Waals surface area contributed by atoms with E-state index in [1.54, 1.807) is 0 Å². The van der Waals surface area contributed by atoms with Crippen LogP contribution in [0.4, 0.5) is 0 Å². The van der Waals surface area contributed by atoms with E-state index in [2.05, 4.69) is 6.92 Å². The second kappa shape index (κ2) is 6.15. The van der Waals surface area contributed by atoms with Gasteiger partial charge in [0.15, 0.2) is 0 Å². The summed E-state index contributed by atoms with van der Waals surface area (Å²) in [5.41, 5.74) is -1.83. The highest BCUT2D eigenvalue weighted by Crippen LogP contribution is 2.68. The lowest BCUT2D eigenvalue weighted by Gasteiger charge is -2.63. The van der Waals surface area contributed by atoms with E-state index in [9.17, 15) is 25.5 Å². The van der Waals surface area contributed by atoms with E-state index in [1.165, 1.54) is 0 Å². The number of rotatable bonds is 2. The topological polar surface area (TPSA) is 101 Å². The molecule has 150 valence electrons. The molecule has 5 N–H and O–H groups in total. The molecule has 0 unspecified atom stereocenters. The van der Waals surface area contributed by atoms with Gasteiger partial charge in [0.1, 0.15) is 6.10 Å². The maximum absolute atomic E-state index is 11.3. The molecule has 4 fully saturated rings. The van der Waals surface area contributed by atoms with E-state index in [4.69, 9.17) is 0 Å². The van der Waals surface area contributed by atoms with Crippen molar-refractivity contribution in [3.8, 4) is 0 Å². The van der Waals surface area contributed by atoms with Crippen LogP contribution in [-0.4, -0.2) is 56.1 Å². The van der Waals surface area contributed by atoms with Crippen molar-refractivity contribution in [2.75, 3.05) is 6.61 Å². The first-order valence-corrected chi connectivity index (χ1v) is 10.5. The predicted octanol–water partition coefficient (Wildman–Crippen LogP) is 1.45. The van der Waals surface area contributed by atoms with Crippen LogP contribution in [-0.2, 0) is 0 Å². The van der Waals surface area contributed by atoms with Crippen LogP contribution in [0.3, 0.4) is 0 Å². The fourth-order valence-electron chi connectivity index (χ4n) is 8.10. The summed E-state index contributed by atoms with van der Waals surface area (Å²) < 4.78 is 0. The Hall–Kier alpha value is -0.200. The lowest BCUT2D eigenvalue weighted by atomic mass is 9.43. The van der Waals surface area contributed by atoms with Crippen molar-refractivity contribution in [1.82, 2.24) is 0 Å². The van der Waals surface area contributed by atoms with Gasteiger partial charge >= 0.3 is 0 Å². The first kappa shape index (κ1) is 19.1. The van der Waals surface area contributed by atoms with Crippen LogP contribution in [0.15, 0.2) is 0 Å². The van der Waals surface area contributed by atoms with Crippen LogP contribution in [0.2, 0.25) is 0 Å². The standard InChI is InChI=1S/C21H36O5/c1-19-7-5-13(23)9-12(19)3-4-14-15-6-8-21(26,17(25)11-22)20(15,2)10-16(24)18(14)19/h12-18,22-26H,3-11H2,1-2H3/t12-,13-,14+,15+,16+,17-,18-,19+,20+,21+/m1/s1. The van der Waals surface area contributed by atoms with Gasteiger partial charge in [0.25, 0.3) is 0 Å². The Balaban J connectivity index is 1.68. The minimum Gasteiger partial charge on any atom is -0.394 e. The highest BCUT2D eigenvalue weighted by atomic mass is 16.4. The molecule has 4 rings (SSSR count). The van der Waals surface area contributed by atoms with Gasteiger partial charge in [0.05, 0.1) is 24.4 Å². The number of aliphatic hydroxyl groups excluding tert-OH is 4. The molecule has 0 aromatic carbocycles. The zero-order valence-corrected chi connectivity index (χ0v) is 16.1. The quantitative estimate of drug-likeness (QED) is 0.508. The van der Waals surface area contributed by atoms with Gasteiger partial charge in [-0.05, 0) is 80.5 Å². The average molecular weight is 369 g/mol. The summed E-state index contributed by atoms with van der Waals surface area (Å²) in [6, 6.07) is 0. The molecular formula is C21H36O5. The molecule has 0 heterocycles. The highest BCUT2D eigenvalue weighted by Gasteiger charge is 2.68. The maximum atomic E-state index is 11.3. The summed E-state index contributed by atoms with van der Waals surface area (Å²) >= 11 is 0. The van der Waals surface area contributed by atoms with Crippen molar-refractivity contribution >= 4 is 0 Å². The van der Waals surface area contributed by atoms with Crippen LogP contribution in [0.1, 0.15) is 65.2 Å². The normalized spacial score (nSPS) is 57.8. The van der Waals surface area contributed by atoms with Gasteiger partial charge in [-0.3, -0.25) is 0 Å². The molecule has 0 aliphatic heterocycles. The summed E-state index contributed by atoms with van der Waals surface area (Å²) in [4.78, 5) is 0. The Morgan fingerprint density at radius 2 is 1.77 bits per heavy atom. The summed E-state index contributed by atoms with van der Waals surface area (Å²) in [7, 11) is 0. The fourth-order valence-corrected chi connectivity index (χ4v) is 8.10. The van der Waals surface area contributed by atoms with Gasteiger partial charge in [-0.1, -0.05) is 13.8 Å². The SMILES string of the molecule is C[C@]12CC[C@@H](O)C[C@H]1CC[C@@H]1[C@@H]2[C@@H](O)C[C@@]2(C)[C@H]1CC[C@]2(O)[C@H](O)CO. The molecule has 4 saturated carbocycles. The minimum atomic E-state index is -1.32. The van der Waals surface area contributed by atoms with E-state index in [1.807, 2.05) is 6.92 Å². The minimum absolute atomic E-state index is 0.0548. The maximum Gasteiger partial charge on any atom is 0.106 e. The van der Waals surface area contributed by atoms with Gasteiger partial charge in [-0.15, -0.1) is 0 Å². The van der Waals surface area contributed by atoms with Crippen molar-refractivity contribution in [3.63, 3.8) is 0 Å². The Labute approximate surface area is 156 Å². The van der Waals surface area contributed by atoms with Gasteiger partial charge in [0, 0.05) is 5.41 Å². The second-order valence-electron chi connectivity index (χ2n) is 10.4. The van der Waals surface area contributed by atoms with E-state index in [0.717, 1.165) is 38.5 Å². The van der Waals surface area contributed by atoms with Crippen molar-refractivity contribution in [2.24, 2.45) is 34.5 Å². The van der Waals surface area contributed by atoms with E-state index >= 15 is 0 Å². The monoisotopic (exact) mass is 368 g/mol. The van der Waals surface area contributed by atoms with Crippen molar-refractivity contribution in [3.05, 3.63) is 0 Å². The Bertz CT molecular complexity index is 555. The fraction of sp³-hybridized carbons (Fsp3) is 1.00. The van der Waals surface area contributed by atoms with Crippen LogP contribution in [0.25, 0.3) is 0 Å². The van der Waals surface area contributed by atoms with Crippen LogP contribution in [0, 0.1) is 34.5 Å². The summed E-state index contributed by atoms with van der Waals surface area (Å²) in [5.74, 6) is 1.29. The number of fused-ring (bicyclic) bond motifs is 5. The molecule has 0 aromatic rings. The van der Waals surface area contributed by atoms with Gasteiger partial charge < -0.3 is 25.5 Å². The molecule has 4 aliphatic carbocycles. The van der Waals surface area contributed by atoms with Crippen LogP contribution in [0.5, 0.6) is 0 Å². The summed E-state index contributed by atoms with van der Waals surface area (Å²) in [6.07, 6.45) is 4.70. The molecule has 0 saturated heterocycles. The third-order valence-corrected chi connectivity index (χ3v) is 9.51. The van der Waals surface area contributed by atoms with Crippen LogP contribution >= 0.6 is 0 Å². The zero-order valence-electron chi connectivity index (χ0n) is 16.1. The number of aliphatic hydroxyl groups is 5. The summed E-state index contributed by atoms with van der Waals surface area (Å²) in [5, 5.41) is 52.5. The van der Waals surface area contributed by atoms with Gasteiger partial charge in [0.2, 0.25) is 0 Å². The van der Waals surface area contributed by atoms with Crippen molar-refractivity contribution in [2.45, 2.75) is 89.1 Å². The molecule has 0 radical (unpaired) electrons. The van der Waals surface area contributed by atoms with E-state index < -0.39 is 29.8 Å². The molecule has 0 bridgehead atoms. The van der Waals surface area contributed by atoms with Gasteiger partial charge in [-0.2, -0.15) is 0 Å². The molecule has 0 amide bonds. The Morgan fingerprint density at radius 1 is 1.04 bits per heavy atom. The van der Waals surface area contributed by atoms with Crippen molar-refractivity contribution < 1.29 is 25.5 Å². The molecule has 0 spiro atoms. The third kappa shape index (κ3) is 2.33. The number of hydrogen-bond acceptors (Lipinski definition) is 5. The van der Waals surface area contributed by atoms with Gasteiger partial charge in [-0.25, -0.2) is 0 Å². The van der Waals surface area contributed by atoms with E-state index in [0.29, 0.717) is 24.7 Å². The second-order valence-corrected chi connectivity index (χ2v) is 10.4. The number of hydrogen-bond donors (Lipinski definition) is 5. The van der Waals surface area contributed by atoms with Crippen LogP contribution < -0.4 is 0 Å². The zero-order chi connectivity index (χ0) is 18.9. The third-order valence-electron chi connectivity index (χ3n) is 9.51. The average Bonchev–Trinajstić information content (AvgIpc) is 2.86. The van der Waals surface area contributed by atoms with Crippen molar-refractivity contribution in [1.29, 1.82) is 0 Å². The lowest BCUT2D eigenvalue weighted by Crippen LogP contribution is -2.64. The highest BCUT2D eigenvalue weighted by molar-refractivity contribution is 5.17. The van der Waals surface area contributed by atoms with E-state index in [-0.39, 0.29) is 23.4 Å². The molecule has 5 nitrogen and oxygen atoms in total. The molecule has 5 heteroatoms. The first-order valence-electron chi connectivity index (χ1n) is 10.5. The Morgan fingerprint density at radius 3 is 2.46 bits per heavy atom. The smallest absolute Gasteiger partial charge is 0.106 e. The molecule has 10 atom stereocenters. The molecular weight excluding hydrogens is 332 g/mol. The lowest BCUT2D eigenvalue weighted by molar-refractivity contribution is -0.224. The molecule has 26 heavy (non-hydrogen) atoms. The Kier molecular flexibility index (Phi) is 4.52. The largest absolute Gasteiger partial charge is 0.394 e. The molecule has 4 aliphatic rings. The summed E-state index contributed by atoms with van der Waals surface area (Å²) in [6.45, 7) is 3.89. The predicted molar refractivity (Wildman–Crippen MR) is 97.2 cm³/mol. The first-order chi connectivity index (χ1) is 12.2.